The summed E-state index contributed by atoms with van der Waals surface area (Å²) in [5.41, 5.74) is 0.731. The molecule has 116 valence electrons. The van der Waals surface area contributed by atoms with Crippen LogP contribution in [0.2, 0.25) is 0 Å². The van der Waals surface area contributed by atoms with Crippen LogP contribution in [0.5, 0.6) is 5.75 Å². The van der Waals surface area contributed by atoms with Gasteiger partial charge in [-0.1, -0.05) is 36.4 Å². The van der Waals surface area contributed by atoms with Crippen molar-refractivity contribution in [2.75, 3.05) is 0 Å². The fourth-order valence-corrected chi connectivity index (χ4v) is 2.47. The number of phenolic OH excluding ortho intramolecular Hbond substituents is 1. The second kappa shape index (κ2) is 5.65. The van der Waals surface area contributed by atoms with E-state index in [1.54, 1.807) is 30.3 Å². The van der Waals surface area contributed by atoms with Gasteiger partial charge in [-0.3, -0.25) is 14.9 Å². The molecule has 2 aromatic carbocycles. The number of hydrogen-bond acceptors (Lipinski definition) is 5. The van der Waals surface area contributed by atoms with Crippen LogP contribution < -0.4 is 10.5 Å². The van der Waals surface area contributed by atoms with Gasteiger partial charge in [-0.2, -0.15) is 5.23 Å². The van der Waals surface area contributed by atoms with Gasteiger partial charge in [0.2, 0.25) is 5.69 Å². The van der Waals surface area contributed by atoms with Gasteiger partial charge in [0.05, 0.1) is 11.1 Å². The second-order valence-corrected chi connectivity index (χ2v) is 4.94. The molecule has 1 aliphatic heterocycles. The van der Waals surface area contributed by atoms with Crippen LogP contribution in [0.3, 0.4) is 0 Å². The summed E-state index contributed by atoms with van der Waals surface area (Å²) in [6.07, 6.45) is 0. The summed E-state index contributed by atoms with van der Waals surface area (Å²) in [6.45, 7) is 0. The smallest absolute Gasteiger partial charge is 0.259 e. The molecule has 0 aliphatic carbocycles. The van der Waals surface area contributed by atoms with Crippen LogP contribution in [0.25, 0.3) is 11.1 Å². The van der Waals surface area contributed by atoms with Gasteiger partial charge in [0.15, 0.2) is 5.75 Å². The van der Waals surface area contributed by atoms with E-state index < -0.39 is 22.8 Å². The van der Waals surface area contributed by atoms with Crippen LogP contribution in [0, 0.1) is 5.21 Å². The van der Waals surface area contributed by atoms with Gasteiger partial charge in [-0.25, -0.2) is 5.21 Å². The molecule has 0 aromatic heterocycles. The van der Waals surface area contributed by atoms with Crippen molar-refractivity contribution >= 4 is 28.6 Å². The number of quaternary nitrogens is 1. The van der Waals surface area contributed by atoms with Gasteiger partial charge in [0.1, 0.15) is 0 Å². The summed E-state index contributed by atoms with van der Waals surface area (Å²) >= 11 is 0. The molecule has 1 aliphatic rings. The highest BCUT2D eigenvalue weighted by Gasteiger charge is 2.32. The standard InChI is InChI=1S/C16H12N2O5/c19-12-7-6-10(8-11(12)18(22)23)14-13(15(20)17-16(14)21)9-4-2-1-3-5-9/h1-8,18-19,22H,(H,17,20,21). The van der Waals surface area contributed by atoms with Crippen molar-refractivity contribution in [1.82, 2.24) is 5.32 Å². The minimum Gasteiger partial charge on any atom is -0.595 e. The van der Waals surface area contributed by atoms with Crippen LogP contribution in [0.1, 0.15) is 11.1 Å². The van der Waals surface area contributed by atoms with Crippen molar-refractivity contribution in [2.45, 2.75) is 0 Å². The van der Waals surface area contributed by atoms with Gasteiger partial charge in [-0.15, -0.1) is 0 Å². The molecule has 0 fully saturated rings. The zero-order chi connectivity index (χ0) is 16.6. The zero-order valence-corrected chi connectivity index (χ0v) is 11.7. The number of hydrogen-bond donors (Lipinski definition) is 4. The molecule has 1 heterocycles. The number of phenols is 1. The van der Waals surface area contributed by atoms with Gasteiger partial charge >= 0.3 is 0 Å². The van der Waals surface area contributed by atoms with Crippen molar-refractivity contribution in [3.05, 3.63) is 64.9 Å². The van der Waals surface area contributed by atoms with Crippen LogP contribution in [-0.2, 0) is 9.59 Å². The SMILES string of the molecule is O=C1NC(=O)C(c2ccc(O)c([NH+]([O-])O)c2)=C1c1ccccc1. The lowest BCUT2D eigenvalue weighted by Crippen LogP contribution is -2.99. The lowest BCUT2D eigenvalue weighted by Gasteiger charge is -2.14. The van der Waals surface area contributed by atoms with Crippen LogP contribution >= 0.6 is 0 Å². The Labute approximate surface area is 130 Å². The number of benzene rings is 2. The van der Waals surface area contributed by atoms with E-state index in [4.69, 9.17) is 5.21 Å². The van der Waals surface area contributed by atoms with Crippen molar-refractivity contribution in [3.8, 4) is 5.75 Å². The fourth-order valence-electron chi connectivity index (χ4n) is 2.47. The maximum atomic E-state index is 12.1. The monoisotopic (exact) mass is 312 g/mol. The number of rotatable bonds is 3. The highest BCUT2D eigenvalue weighted by Crippen LogP contribution is 2.33. The highest BCUT2D eigenvalue weighted by molar-refractivity contribution is 6.49. The van der Waals surface area contributed by atoms with E-state index in [1.165, 1.54) is 18.2 Å². The topological polar surface area (TPSA) is 114 Å². The van der Waals surface area contributed by atoms with Crippen LogP contribution in [0.15, 0.2) is 48.5 Å². The molecule has 0 saturated carbocycles. The van der Waals surface area contributed by atoms with E-state index in [0.29, 0.717) is 5.56 Å². The molecule has 7 nitrogen and oxygen atoms in total. The third kappa shape index (κ3) is 2.59. The quantitative estimate of drug-likeness (QED) is 0.371. The first-order chi connectivity index (χ1) is 11.0. The fraction of sp³-hybridized carbons (Fsp3) is 0. The summed E-state index contributed by atoms with van der Waals surface area (Å²) in [5.74, 6) is -1.55. The number of carbonyl (C=O) groups is 2. The van der Waals surface area contributed by atoms with E-state index >= 15 is 0 Å². The summed E-state index contributed by atoms with van der Waals surface area (Å²) < 4.78 is 0. The average molecular weight is 312 g/mol. The summed E-state index contributed by atoms with van der Waals surface area (Å²) in [4.78, 5) is 24.2. The Morgan fingerprint density at radius 1 is 0.913 bits per heavy atom. The van der Waals surface area contributed by atoms with Gasteiger partial charge < -0.3 is 10.3 Å². The Morgan fingerprint density at radius 3 is 2.13 bits per heavy atom. The largest absolute Gasteiger partial charge is 0.595 e. The van der Waals surface area contributed by atoms with Crippen molar-refractivity contribution in [2.24, 2.45) is 0 Å². The highest BCUT2D eigenvalue weighted by atomic mass is 16.8. The molecule has 2 amide bonds. The molecule has 2 aromatic rings. The lowest BCUT2D eigenvalue weighted by atomic mass is 9.96. The minimum absolute atomic E-state index is 0.0868. The van der Waals surface area contributed by atoms with Crippen molar-refractivity contribution in [1.29, 1.82) is 0 Å². The third-order valence-corrected chi connectivity index (χ3v) is 3.51. The van der Waals surface area contributed by atoms with E-state index in [9.17, 15) is 19.9 Å². The molecule has 0 spiro atoms. The first-order valence-corrected chi connectivity index (χ1v) is 6.71. The maximum absolute atomic E-state index is 12.1. The first-order valence-electron chi connectivity index (χ1n) is 6.71. The van der Waals surface area contributed by atoms with Gasteiger partial charge in [-0.05, 0) is 17.2 Å². The number of aromatic hydroxyl groups is 1. The van der Waals surface area contributed by atoms with E-state index in [-0.39, 0.29) is 22.4 Å². The average Bonchev–Trinajstić information content (AvgIpc) is 2.83. The van der Waals surface area contributed by atoms with E-state index in [2.05, 4.69) is 5.32 Å². The molecule has 0 radical (unpaired) electrons. The molecule has 4 N–H and O–H groups in total. The number of nitrogens with one attached hydrogen (secondary N) is 2. The molecule has 1 unspecified atom stereocenters. The molecular formula is C16H12N2O5. The zero-order valence-electron chi connectivity index (χ0n) is 11.7. The van der Waals surface area contributed by atoms with Gasteiger partial charge in [0, 0.05) is 6.07 Å². The predicted octanol–water partition coefficient (Wildman–Crippen LogP) is 0.363. The summed E-state index contributed by atoms with van der Waals surface area (Å²) in [6, 6.07) is 12.4. The van der Waals surface area contributed by atoms with Gasteiger partial charge in [0.25, 0.3) is 11.8 Å². The summed E-state index contributed by atoms with van der Waals surface area (Å²) in [7, 11) is 0. The number of imide groups is 1. The molecule has 0 saturated heterocycles. The molecular weight excluding hydrogens is 300 g/mol. The molecule has 1 atom stereocenters. The third-order valence-electron chi connectivity index (χ3n) is 3.51. The van der Waals surface area contributed by atoms with Crippen molar-refractivity contribution in [3.63, 3.8) is 0 Å². The molecule has 3 rings (SSSR count). The Balaban J connectivity index is 2.23. The van der Waals surface area contributed by atoms with E-state index in [0.717, 1.165) is 0 Å². The Bertz CT molecular complexity index is 828. The molecule has 7 heteroatoms. The minimum atomic E-state index is -1.32. The normalized spacial score (nSPS) is 15.7. The molecule has 23 heavy (non-hydrogen) atoms. The van der Waals surface area contributed by atoms with Crippen molar-refractivity contribution < 1.29 is 25.1 Å². The Hall–Kier alpha value is -3.00. The second-order valence-electron chi connectivity index (χ2n) is 4.94. The van der Waals surface area contributed by atoms with Crippen LogP contribution in [-0.4, -0.2) is 22.1 Å². The summed E-state index contributed by atoms with van der Waals surface area (Å²) in [5, 5.41) is 30.7. The number of amides is 2. The number of carbonyl (C=O) groups excluding carboxylic acids is 2. The predicted molar refractivity (Wildman–Crippen MR) is 80.3 cm³/mol. The maximum Gasteiger partial charge on any atom is 0.259 e. The molecule has 0 bridgehead atoms. The van der Waals surface area contributed by atoms with E-state index in [1.807, 2.05) is 0 Å². The Morgan fingerprint density at radius 2 is 1.52 bits per heavy atom. The first kappa shape index (κ1) is 14.9. The van der Waals surface area contributed by atoms with Crippen LogP contribution in [0.4, 0.5) is 5.69 Å². The lowest BCUT2D eigenvalue weighted by molar-refractivity contribution is -0.991. The Kier molecular flexibility index (Phi) is 3.67.